The van der Waals surface area contributed by atoms with E-state index in [0.717, 1.165) is 30.6 Å². The molecule has 3 rings (SSSR count). The number of hydrogen-bond donors (Lipinski definition) is 1. The van der Waals surface area contributed by atoms with Gasteiger partial charge in [-0.15, -0.1) is 0 Å². The Bertz CT molecular complexity index is 630. The Hall–Kier alpha value is -2.07. The van der Waals surface area contributed by atoms with Gasteiger partial charge < -0.3 is 14.7 Å². The van der Waals surface area contributed by atoms with Crippen molar-refractivity contribution in [3.8, 4) is 11.5 Å². The molecule has 0 atom stereocenters. The first kappa shape index (κ1) is 13.9. The van der Waals surface area contributed by atoms with Gasteiger partial charge in [0.2, 0.25) is 0 Å². The molecule has 0 amide bonds. The van der Waals surface area contributed by atoms with Crippen LogP contribution in [0.1, 0.15) is 17.5 Å². The number of hydrogen-bond acceptors (Lipinski definition) is 4. The molecule has 1 aliphatic heterocycles. The van der Waals surface area contributed by atoms with Crippen LogP contribution in [0.2, 0.25) is 0 Å². The minimum absolute atomic E-state index is 0.0119. The first-order valence-electron chi connectivity index (χ1n) is 7.06. The summed E-state index contributed by atoms with van der Waals surface area (Å²) in [6, 6.07) is 3.79. The van der Waals surface area contributed by atoms with Crippen LogP contribution >= 0.6 is 0 Å². The molecule has 0 fully saturated rings. The Kier molecular flexibility index (Phi) is 3.33. The van der Waals surface area contributed by atoms with Crippen molar-refractivity contribution in [1.82, 2.24) is 4.90 Å². The van der Waals surface area contributed by atoms with E-state index in [1.165, 1.54) is 0 Å². The highest BCUT2D eigenvalue weighted by Crippen LogP contribution is 2.46. The third-order valence-corrected chi connectivity index (χ3v) is 4.35. The number of methoxy groups -OCH3 is 1. The van der Waals surface area contributed by atoms with Crippen molar-refractivity contribution in [3.05, 3.63) is 47.6 Å². The Labute approximate surface area is 124 Å². The fraction of sp³-hybridized carbons (Fsp3) is 0.353. The molecule has 0 aromatic heterocycles. The molecule has 1 N–H and O–H groups in total. The van der Waals surface area contributed by atoms with Crippen molar-refractivity contribution >= 4 is 5.78 Å². The van der Waals surface area contributed by atoms with E-state index in [0.29, 0.717) is 5.75 Å². The SMILES string of the molecule is COc1ccc2c(c1O)C1(C=CC(=O)C=C1)CCN(C)C2. The van der Waals surface area contributed by atoms with E-state index in [1.807, 2.05) is 18.2 Å². The van der Waals surface area contributed by atoms with Crippen molar-refractivity contribution in [2.75, 3.05) is 20.7 Å². The third-order valence-electron chi connectivity index (χ3n) is 4.35. The first-order chi connectivity index (χ1) is 10.1. The maximum atomic E-state index is 11.5. The van der Waals surface area contributed by atoms with Gasteiger partial charge in [0, 0.05) is 17.5 Å². The quantitative estimate of drug-likeness (QED) is 0.859. The number of fused-ring (bicyclic) bond motifs is 2. The number of carbonyl (C=O) groups is 1. The molecule has 1 aromatic rings. The summed E-state index contributed by atoms with van der Waals surface area (Å²) in [6.45, 7) is 1.66. The number of allylic oxidation sites excluding steroid dienone is 4. The van der Waals surface area contributed by atoms with E-state index >= 15 is 0 Å². The number of ether oxygens (including phenoxy) is 1. The summed E-state index contributed by atoms with van der Waals surface area (Å²) in [5.74, 6) is 0.632. The van der Waals surface area contributed by atoms with Crippen molar-refractivity contribution < 1.29 is 14.6 Å². The maximum absolute atomic E-state index is 11.5. The minimum Gasteiger partial charge on any atom is -0.504 e. The minimum atomic E-state index is -0.438. The van der Waals surface area contributed by atoms with Crippen LogP contribution in [0.3, 0.4) is 0 Å². The summed E-state index contributed by atoms with van der Waals surface area (Å²) < 4.78 is 5.26. The van der Waals surface area contributed by atoms with E-state index in [-0.39, 0.29) is 11.5 Å². The number of aromatic hydroxyl groups is 1. The molecule has 0 radical (unpaired) electrons. The Morgan fingerprint density at radius 2 is 2.00 bits per heavy atom. The largest absolute Gasteiger partial charge is 0.504 e. The highest BCUT2D eigenvalue weighted by Gasteiger charge is 2.37. The van der Waals surface area contributed by atoms with Gasteiger partial charge >= 0.3 is 0 Å². The van der Waals surface area contributed by atoms with Gasteiger partial charge in [-0.3, -0.25) is 4.79 Å². The molecule has 1 aliphatic carbocycles. The van der Waals surface area contributed by atoms with Crippen LogP contribution in [0.4, 0.5) is 0 Å². The predicted octanol–water partition coefficient (Wildman–Crippen LogP) is 2.17. The fourth-order valence-corrected chi connectivity index (χ4v) is 3.21. The summed E-state index contributed by atoms with van der Waals surface area (Å²) >= 11 is 0. The lowest BCUT2D eigenvalue weighted by molar-refractivity contribution is -0.110. The second-order valence-corrected chi connectivity index (χ2v) is 5.75. The predicted molar refractivity (Wildman–Crippen MR) is 80.6 cm³/mol. The average Bonchev–Trinajstić information content (AvgIpc) is 2.61. The number of benzene rings is 1. The molecule has 0 saturated heterocycles. The van der Waals surface area contributed by atoms with E-state index in [2.05, 4.69) is 11.9 Å². The van der Waals surface area contributed by atoms with Crippen LogP contribution in [0, 0.1) is 0 Å². The molecule has 1 heterocycles. The van der Waals surface area contributed by atoms with Crippen LogP contribution in [0.25, 0.3) is 0 Å². The smallest absolute Gasteiger partial charge is 0.178 e. The van der Waals surface area contributed by atoms with Gasteiger partial charge in [0.05, 0.1) is 7.11 Å². The van der Waals surface area contributed by atoms with Gasteiger partial charge in [0.25, 0.3) is 0 Å². The lowest BCUT2D eigenvalue weighted by Crippen LogP contribution is -2.26. The number of carbonyl (C=O) groups excluding carboxylic acids is 1. The molecule has 0 bridgehead atoms. The number of phenolic OH excluding ortho intramolecular Hbond substituents is 1. The van der Waals surface area contributed by atoms with E-state index in [1.54, 1.807) is 25.3 Å². The molecule has 0 unspecified atom stereocenters. The van der Waals surface area contributed by atoms with Gasteiger partial charge in [-0.1, -0.05) is 18.2 Å². The third kappa shape index (κ3) is 2.25. The van der Waals surface area contributed by atoms with Crippen LogP contribution in [-0.2, 0) is 16.8 Å². The zero-order valence-corrected chi connectivity index (χ0v) is 12.3. The molecule has 21 heavy (non-hydrogen) atoms. The number of nitrogens with zero attached hydrogens (tertiary/aromatic N) is 1. The number of rotatable bonds is 1. The standard InChI is InChI=1S/C17H19NO3/c1-18-10-9-17(7-5-13(19)6-8-17)15-12(11-18)3-4-14(21-2)16(15)20/h3-8,20H,9-11H2,1-2H3. The van der Waals surface area contributed by atoms with Crippen molar-refractivity contribution in [3.63, 3.8) is 0 Å². The number of phenols is 1. The van der Waals surface area contributed by atoms with Crippen LogP contribution in [0.15, 0.2) is 36.4 Å². The van der Waals surface area contributed by atoms with E-state index in [4.69, 9.17) is 4.74 Å². The monoisotopic (exact) mass is 285 g/mol. The summed E-state index contributed by atoms with van der Waals surface area (Å²) in [5, 5.41) is 10.6. The summed E-state index contributed by atoms with van der Waals surface area (Å²) in [4.78, 5) is 13.7. The molecule has 110 valence electrons. The summed E-state index contributed by atoms with van der Waals surface area (Å²) in [7, 11) is 3.61. The van der Waals surface area contributed by atoms with Crippen molar-refractivity contribution in [2.24, 2.45) is 0 Å². The highest BCUT2D eigenvalue weighted by atomic mass is 16.5. The van der Waals surface area contributed by atoms with Gasteiger partial charge in [-0.05, 0) is 43.8 Å². The molecule has 4 nitrogen and oxygen atoms in total. The molecular formula is C17H19NO3. The molecule has 1 aromatic carbocycles. The fourth-order valence-electron chi connectivity index (χ4n) is 3.21. The van der Waals surface area contributed by atoms with E-state index in [9.17, 15) is 9.90 Å². The first-order valence-corrected chi connectivity index (χ1v) is 7.06. The zero-order valence-electron chi connectivity index (χ0n) is 12.3. The lowest BCUT2D eigenvalue weighted by Gasteiger charge is -2.30. The molecular weight excluding hydrogens is 266 g/mol. The number of ketones is 1. The van der Waals surface area contributed by atoms with E-state index < -0.39 is 5.41 Å². The maximum Gasteiger partial charge on any atom is 0.178 e. The molecule has 0 saturated carbocycles. The average molecular weight is 285 g/mol. The normalized spacial score (nSPS) is 20.4. The van der Waals surface area contributed by atoms with Crippen LogP contribution < -0.4 is 4.74 Å². The molecule has 2 aliphatic rings. The lowest BCUT2D eigenvalue weighted by atomic mass is 9.73. The van der Waals surface area contributed by atoms with Gasteiger partial charge in [0.15, 0.2) is 17.3 Å². The molecule has 1 spiro atoms. The van der Waals surface area contributed by atoms with Crippen LogP contribution in [-0.4, -0.2) is 36.5 Å². The highest BCUT2D eigenvalue weighted by molar-refractivity contribution is 6.00. The van der Waals surface area contributed by atoms with Crippen molar-refractivity contribution in [2.45, 2.75) is 18.4 Å². The summed E-state index contributed by atoms with van der Waals surface area (Å²) in [5.41, 5.74) is 1.48. The second-order valence-electron chi connectivity index (χ2n) is 5.75. The van der Waals surface area contributed by atoms with Gasteiger partial charge in [0.1, 0.15) is 0 Å². The second kappa shape index (κ2) is 5.04. The Morgan fingerprint density at radius 3 is 2.67 bits per heavy atom. The Morgan fingerprint density at radius 1 is 1.29 bits per heavy atom. The topological polar surface area (TPSA) is 49.8 Å². The summed E-state index contributed by atoms with van der Waals surface area (Å²) in [6.07, 6.45) is 7.82. The Balaban J connectivity index is 2.23. The molecule has 4 heteroatoms. The van der Waals surface area contributed by atoms with Crippen LogP contribution in [0.5, 0.6) is 11.5 Å². The van der Waals surface area contributed by atoms with Gasteiger partial charge in [-0.2, -0.15) is 0 Å². The van der Waals surface area contributed by atoms with Gasteiger partial charge in [-0.25, -0.2) is 0 Å². The zero-order chi connectivity index (χ0) is 15.0. The van der Waals surface area contributed by atoms with Crippen molar-refractivity contribution in [1.29, 1.82) is 0 Å².